The first kappa shape index (κ1) is 12.4. The molecule has 2 rings (SSSR count). The summed E-state index contributed by atoms with van der Waals surface area (Å²) in [6.45, 7) is 3.20. The largest absolute Gasteiger partial charge is 0.494 e. The van der Waals surface area contributed by atoms with Crippen LogP contribution in [-0.2, 0) is 9.47 Å². The van der Waals surface area contributed by atoms with Gasteiger partial charge in [0.25, 0.3) is 0 Å². The van der Waals surface area contributed by atoms with Crippen LogP contribution in [0.25, 0.3) is 0 Å². The molecule has 3 heteroatoms. The number of rotatable bonds is 6. The van der Waals surface area contributed by atoms with Crippen molar-refractivity contribution < 1.29 is 14.2 Å². The van der Waals surface area contributed by atoms with Crippen molar-refractivity contribution in [3.8, 4) is 5.75 Å². The van der Waals surface area contributed by atoms with Crippen LogP contribution in [0.2, 0.25) is 0 Å². The third-order valence-corrected chi connectivity index (χ3v) is 3.04. The van der Waals surface area contributed by atoms with Crippen LogP contribution < -0.4 is 4.74 Å². The molecule has 1 fully saturated rings. The first-order valence-corrected chi connectivity index (χ1v) is 6.19. The average molecular weight is 236 g/mol. The molecule has 1 saturated heterocycles. The molecule has 0 aromatic heterocycles. The van der Waals surface area contributed by atoms with E-state index in [-0.39, 0.29) is 0 Å². The maximum atomic E-state index is 5.61. The van der Waals surface area contributed by atoms with Gasteiger partial charge in [0.1, 0.15) is 5.75 Å². The van der Waals surface area contributed by atoms with Crippen LogP contribution in [0.1, 0.15) is 24.3 Å². The Labute approximate surface area is 103 Å². The van der Waals surface area contributed by atoms with Gasteiger partial charge in [-0.25, -0.2) is 0 Å². The minimum atomic E-state index is 0.567. The number of methoxy groups -OCH3 is 1. The van der Waals surface area contributed by atoms with Gasteiger partial charge in [0.05, 0.1) is 13.2 Å². The summed E-state index contributed by atoms with van der Waals surface area (Å²) in [4.78, 5) is 0. The quantitative estimate of drug-likeness (QED) is 0.711. The zero-order valence-corrected chi connectivity index (χ0v) is 10.4. The van der Waals surface area contributed by atoms with Gasteiger partial charge in [0.2, 0.25) is 0 Å². The molecule has 0 saturated carbocycles. The van der Waals surface area contributed by atoms with Crippen molar-refractivity contribution in [2.24, 2.45) is 0 Å². The minimum Gasteiger partial charge on any atom is -0.494 e. The fourth-order valence-corrected chi connectivity index (χ4v) is 2.03. The van der Waals surface area contributed by atoms with Crippen molar-refractivity contribution in [2.75, 3.05) is 33.5 Å². The van der Waals surface area contributed by atoms with Gasteiger partial charge in [-0.3, -0.25) is 0 Å². The molecule has 1 aliphatic heterocycles. The molecule has 0 aliphatic carbocycles. The fourth-order valence-electron chi connectivity index (χ4n) is 2.03. The Hall–Kier alpha value is -1.06. The van der Waals surface area contributed by atoms with Crippen LogP contribution in [0.5, 0.6) is 5.75 Å². The zero-order chi connectivity index (χ0) is 11.9. The molecule has 0 bridgehead atoms. The Kier molecular flexibility index (Phi) is 4.83. The molecule has 17 heavy (non-hydrogen) atoms. The maximum Gasteiger partial charge on any atom is 0.119 e. The molecular weight excluding hydrogens is 216 g/mol. The Bertz CT molecular complexity index is 315. The van der Waals surface area contributed by atoms with E-state index in [1.807, 2.05) is 12.1 Å². The number of hydrogen-bond donors (Lipinski definition) is 0. The summed E-state index contributed by atoms with van der Waals surface area (Å²) in [6.07, 6.45) is 2.06. The second-order valence-electron chi connectivity index (χ2n) is 4.32. The van der Waals surface area contributed by atoms with Gasteiger partial charge in [0, 0.05) is 32.7 Å². The van der Waals surface area contributed by atoms with Gasteiger partial charge in [-0.05, 0) is 24.1 Å². The van der Waals surface area contributed by atoms with E-state index in [2.05, 4.69) is 12.1 Å². The van der Waals surface area contributed by atoms with E-state index in [1.165, 1.54) is 5.56 Å². The lowest BCUT2D eigenvalue weighted by Crippen LogP contribution is -2.02. The van der Waals surface area contributed by atoms with Crippen molar-refractivity contribution in [3.63, 3.8) is 0 Å². The molecule has 1 aromatic rings. The molecular formula is C14H20O3. The molecule has 1 atom stereocenters. The first-order chi connectivity index (χ1) is 8.40. The number of hydrogen-bond acceptors (Lipinski definition) is 3. The maximum absolute atomic E-state index is 5.61. The topological polar surface area (TPSA) is 27.7 Å². The van der Waals surface area contributed by atoms with E-state index in [0.29, 0.717) is 12.5 Å². The van der Waals surface area contributed by atoms with Gasteiger partial charge < -0.3 is 14.2 Å². The fraction of sp³-hybridized carbons (Fsp3) is 0.571. The second kappa shape index (κ2) is 6.62. The molecule has 0 N–H and O–H groups in total. The highest BCUT2D eigenvalue weighted by atomic mass is 16.5. The van der Waals surface area contributed by atoms with Crippen molar-refractivity contribution in [3.05, 3.63) is 29.8 Å². The summed E-state index contributed by atoms with van der Waals surface area (Å²) < 4.78 is 16.0. The van der Waals surface area contributed by atoms with Crippen molar-refractivity contribution >= 4 is 0 Å². The predicted molar refractivity (Wildman–Crippen MR) is 66.6 cm³/mol. The van der Waals surface area contributed by atoms with E-state index >= 15 is 0 Å². The van der Waals surface area contributed by atoms with Crippen LogP contribution >= 0.6 is 0 Å². The molecule has 0 amide bonds. The molecule has 0 spiro atoms. The summed E-state index contributed by atoms with van der Waals surface area (Å²) in [5.74, 6) is 1.50. The van der Waals surface area contributed by atoms with Crippen LogP contribution in [0, 0.1) is 0 Å². The highest BCUT2D eigenvalue weighted by molar-refractivity contribution is 5.29. The monoisotopic (exact) mass is 236 g/mol. The molecule has 1 heterocycles. The number of benzene rings is 1. The Morgan fingerprint density at radius 3 is 2.71 bits per heavy atom. The Morgan fingerprint density at radius 1 is 1.24 bits per heavy atom. The van der Waals surface area contributed by atoms with E-state index in [9.17, 15) is 0 Å². The summed E-state index contributed by atoms with van der Waals surface area (Å²) in [5, 5.41) is 0. The van der Waals surface area contributed by atoms with Gasteiger partial charge in [0.15, 0.2) is 0 Å². The van der Waals surface area contributed by atoms with Crippen LogP contribution in [0.4, 0.5) is 0 Å². The molecule has 94 valence electrons. The van der Waals surface area contributed by atoms with Crippen LogP contribution in [-0.4, -0.2) is 33.5 Å². The molecule has 1 aliphatic rings. The lowest BCUT2D eigenvalue weighted by Gasteiger charge is -2.10. The van der Waals surface area contributed by atoms with E-state index in [0.717, 1.165) is 38.4 Å². The molecule has 0 unspecified atom stereocenters. The van der Waals surface area contributed by atoms with Crippen LogP contribution in [0.3, 0.4) is 0 Å². The second-order valence-corrected chi connectivity index (χ2v) is 4.32. The van der Waals surface area contributed by atoms with E-state index in [1.54, 1.807) is 7.11 Å². The molecule has 1 aromatic carbocycles. The number of ether oxygens (including phenoxy) is 3. The van der Waals surface area contributed by atoms with Gasteiger partial charge in [-0.15, -0.1) is 0 Å². The van der Waals surface area contributed by atoms with Crippen molar-refractivity contribution in [1.82, 2.24) is 0 Å². The predicted octanol–water partition coefficient (Wildman–Crippen LogP) is 2.61. The zero-order valence-electron chi connectivity index (χ0n) is 10.4. The van der Waals surface area contributed by atoms with Crippen molar-refractivity contribution in [1.29, 1.82) is 0 Å². The lowest BCUT2D eigenvalue weighted by molar-refractivity contribution is 0.172. The molecule has 0 radical (unpaired) electrons. The Morgan fingerprint density at radius 2 is 2.06 bits per heavy atom. The molecule has 3 nitrogen and oxygen atoms in total. The standard InChI is InChI=1S/C14H20O3/c1-15-8-2-9-17-14-5-3-12(4-6-14)13-7-10-16-11-13/h3-6,13H,2,7-11H2,1H3/t13-/m1/s1. The highest BCUT2D eigenvalue weighted by Crippen LogP contribution is 2.26. The van der Waals surface area contributed by atoms with Gasteiger partial charge in [-0.2, -0.15) is 0 Å². The lowest BCUT2D eigenvalue weighted by atomic mass is 9.99. The SMILES string of the molecule is COCCCOc1ccc([C@@H]2CCOC2)cc1. The van der Waals surface area contributed by atoms with Crippen molar-refractivity contribution in [2.45, 2.75) is 18.8 Å². The smallest absolute Gasteiger partial charge is 0.119 e. The van der Waals surface area contributed by atoms with E-state index < -0.39 is 0 Å². The highest BCUT2D eigenvalue weighted by Gasteiger charge is 2.17. The average Bonchev–Trinajstić information content (AvgIpc) is 2.89. The first-order valence-electron chi connectivity index (χ1n) is 6.19. The van der Waals surface area contributed by atoms with Gasteiger partial charge >= 0.3 is 0 Å². The summed E-state index contributed by atoms with van der Waals surface area (Å²) in [6, 6.07) is 8.37. The Balaban J connectivity index is 1.80. The summed E-state index contributed by atoms with van der Waals surface area (Å²) >= 11 is 0. The van der Waals surface area contributed by atoms with Gasteiger partial charge in [-0.1, -0.05) is 12.1 Å². The third-order valence-electron chi connectivity index (χ3n) is 3.04. The summed E-state index contributed by atoms with van der Waals surface area (Å²) in [5.41, 5.74) is 1.35. The normalized spacial score (nSPS) is 19.5. The van der Waals surface area contributed by atoms with Crippen LogP contribution in [0.15, 0.2) is 24.3 Å². The third kappa shape index (κ3) is 3.72. The minimum absolute atomic E-state index is 0.567. The summed E-state index contributed by atoms with van der Waals surface area (Å²) in [7, 11) is 1.71. The van der Waals surface area contributed by atoms with E-state index in [4.69, 9.17) is 14.2 Å².